The average molecular weight is 332 g/mol. The van der Waals surface area contributed by atoms with E-state index in [0.717, 1.165) is 56.8 Å². The summed E-state index contributed by atoms with van der Waals surface area (Å²) < 4.78 is 5.56. The van der Waals surface area contributed by atoms with Gasteiger partial charge in [0.15, 0.2) is 0 Å². The molecule has 2 fully saturated rings. The molecule has 0 bridgehead atoms. The Balaban J connectivity index is 1.53. The number of hydrogen-bond donors (Lipinski definition) is 2. The molecule has 3 rings (SSSR count). The monoisotopic (exact) mass is 332 g/mol. The van der Waals surface area contributed by atoms with Crippen molar-refractivity contribution < 1.29 is 9.53 Å². The summed E-state index contributed by atoms with van der Waals surface area (Å²) in [7, 11) is 0. The highest BCUT2D eigenvalue weighted by Crippen LogP contribution is 2.26. The van der Waals surface area contributed by atoms with Gasteiger partial charge in [0, 0.05) is 25.8 Å². The lowest BCUT2D eigenvalue weighted by Gasteiger charge is -2.32. The summed E-state index contributed by atoms with van der Waals surface area (Å²) in [6.45, 7) is 5.01. The number of hydrogen-bond acceptors (Lipinski definition) is 5. The van der Waals surface area contributed by atoms with Gasteiger partial charge in [-0.2, -0.15) is 0 Å². The molecule has 132 valence electrons. The molecule has 1 aromatic heterocycles. The number of pyridine rings is 1. The zero-order valence-electron chi connectivity index (χ0n) is 14.5. The van der Waals surface area contributed by atoms with E-state index in [0.29, 0.717) is 6.54 Å². The minimum Gasteiger partial charge on any atom is -0.375 e. The van der Waals surface area contributed by atoms with Crippen molar-refractivity contribution in [2.45, 2.75) is 57.2 Å². The summed E-state index contributed by atoms with van der Waals surface area (Å²) in [5, 5.41) is 2.98. The van der Waals surface area contributed by atoms with Crippen molar-refractivity contribution in [3.05, 3.63) is 23.9 Å². The van der Waals surface area contributed by atoms with Crippen LogP contribution < -0.4 is 16.0 Å². The number of morpholine rings is 1. The number of ether oxygens (including phenoxy) is 1. The molecule has 0 aromatic carbocycles. The van der Waals surface area contributed by atoms with Crippen LogP contribution in [-0.2, 0) is 16.1 Å². The Bertz CT molecular complexity index is 555. The van der Waals surface area contributed by atoms with Crippen LogP contribution in [0.4, 0.5) is 5.82 Å². The fourth-order valence-corrected chi connectivity index (χ4v) is 3.50. The second-order valence-electron chi connectivity index (χ2n) is 7.05. The maximum atomic E-state index is 12.4. The topological polar surface area (TPSA) is 80.5 Å². The molecule has 24 heavy (non-hydrogen) atoms. The molecule has 1 aliphatic carbocycles. The Morgan fingerprint density at radius 3 is 2.88 bits per heavy atom. The van der Waals surface area contributed by atoms with Crippen molar-refractivity contribution in [1.82, 2.24) is 10.3 Å². The lowest BCUT2D eigenvalue weighted by atomic mass is 9.82. The first-order valence-corrected chi connectivity index (χ1v) is 8.95. The predicted octanol–water partition coefficient (Wildman–Crippen LogP) is 1.58. The summed E-state index contributed by atoms with van der Waals surface area (Å²) in [5.74, 6) is 0.927. The highest BCUT2D eigenvalue weighted by Gasteiger charge is 2.34. The van der Waals surface area contributed by atoms with Crippen molar-refractivity contribution in [2.75, 3.05) is 24.6 Å². The molecule has 2 aliphatic rings. The average Bonchev–Trinajstić information content (AvgIpc) is 2.61. The number of anilines is 1. The molecule has 1 unspecified atom stereocenters. The first-order valence-electron chi connectivity index (χ1n) is 8.95. The smallest absolute Gasteiger partial charge is 0.240 e. The largest absolute Gasteiger partial charge is 0.375 e. The van der Waals surface area contributed by atoms with E-state index in [1.165, 1.54) is 6.42 Å². The van der Waals surface area contributed by atoms with Crippen molar-refractivity contribution >= 4 is 11.7 Å². The van der Waals surface area contributed by atoms with Crippen LogP contribution in [0.25, 0.3) is 0 Å². The first-order chi connectivity index (χ1) is 11.6. The lowest BCUT2D eigenvalue weighted by Crippen LogP contribution is -2.54. The van der Waals surface area contributed by atoms with Gasteiger partial charge in [-0.15, -0.1) is 0 Å². The zero-order chi connectivity index (χ0) is 17.0. The summed E-state index contributed by atoms with van der Waals surface area (Å²) in [4.78, 5) is 19.1. The Morgan fingerprint density at radius 2 is 2.21 bits per heavy atom. The standard InChI is InChI=1S/C18H28N4O2/c1-14-13-22(9-10-24-14)16-6-5-15(11-20-16)12-21-17(23)18(19)7-3-2-4-8-18/h5-6,11,14H,2-4,7-10,12-13,19H2,1H3,(H,21,23). The Kier molecular flexibility index (Phi) is 5.36. The summed E-state index contributed by atoms with van der Waals surface area (Å²) in [6.07, 6.45) is 6.89. The molecule has 1 atom stereocenters. The zero-order valence-corrected chi connectivity index (χ0v) is 14.5. The third-order valence-electron chi connectivity index (χ3n) is 5.03. The van der Waals surface area contributed by atoms with Gasteiger partial charge in [-0.1, -0.05) is 25.3 Å². The molecular formula is C18H28N4O2. The van der Waals surface area contributed by atoms with Crippen LogP contribution in [0.2, 0.25) is 0 Å². The molecule has 6 nitrogen and oxygen atoms in total. The van der Waals surface area contributed by atoms with Crippen molar-refractivity contribution in [3.63, 3.8) is 0 Å². The fourth-order valence-electron chi connectivity index (χ4n) is 3.50. The third-order valence-corrected chi connectivity index (χ3v) is 5.03. The molecule has 2 heterocycles. The highest BCUT2D eigenvalue weighted by molar-refractivity contribution is 5.86. The summed E-state index contributed by atoms with van der Waals surface area (Å²) in [6, 6.07) is 4.03. The molecule has 1 aromatic rings. The van der Waals surface area contributed by atoms with E-state index in [1.807, 2.05) is 18.3 Å². The van der Waals surface area contributed by atoms with Gasteiger partial charge in [-0.25, -0.2) is 4.98 Å². The second-order valence-corrected chi connectivity index (χ2v) is 7.05. The van der Waals surface area contributed by atoms with Crippen LogP contribution >= 0.6 is 0 Å². The van der Waals surface area contributed by atoms with Crippen molar-refractivity contribution in [1.29, 1.82) is 0 Å². The number of aromatic nitrogens is 1. The molecule has 1 amide bonds. The van der Waals surface area contributed by atoms with Gasteiger partial charge >= 0.3 is 0 Å². The SMILES string of the molecule is CC1CN(c2ccc(CNC(=O)C3(N)CCCCC3)cn2)CCO1. The van der Waals surface area contributed by atoms with E-state index in [1.54, 1.807) is 0 Å². The maximum Gasteiger partial charge on any atom is 0.240 e. The second kappa shape index (κ2) is 7.49. The quantitative estimate of drug-likeness (QED) is 0.875. The third kappa shape index (κ3) is 4.05. The molecule has 0 radical (unpaired) electrons. The Morgan fingerprint density at radius 1 is 1.42 bits per heavy atom. The summed E-state index contributed by atoms with van der Waals surface area (Å²) >= 11 is 0. The highest BCUT2D eigenvalue weighted by atomic mass is 16.5. The van der Waals surface area contributed by atoms with Gasteiger partial charge in [-0.3, -0.25) is 4.79 Å². The lowest BCUT2D eigenvalue weighted by molar-refractivity contribution is -0.127. The van der Waals surface area contributed by atoms with Crippen molar-refractivity contribution in [2.24, 2.45) is 5.73 Å². The minimum absolute atomic E-state index is 0.0340. The van der Waals surface area contributed by atoms with E-state index < -0.39 is 5.54 Å². The van der Waals surface area contributed by atoms with Crippen LogP contribution in [0.5, 0.6) is 0 Å². The molecule has 0 spiro atoms. The maximum absolute atomic E-state index is 12.4. The van der Waals surface area contributed by atoms with Crippen LogP contribution in [0.1, 0.15) is 44.6 Å². The van der Waals surface area contributed by atoms with E-state index in [9.17, 15) is 4.79 Å². The van der Waals surface area contributed by atoms with Gasteiger partial charge in [0.1, 0.15) is 5.82 Å². The number of nitrogens with zero attached hydrogens (tertiary/aromatic N) is 2. The molecule has 1 aliphatic heterocycles. The molecule has 1 saturated heterocycles. The van der Waals surface area contributed by atoms with Gasteiger partial charge in [-0.05, 0) is 31.4 Å². The van der Waals surface area contributed by atoms with Crippen molar-refractivity contribution in [3.8, 4) is 0 Å². The normalized spacial score (nSPS) is 23.8. The van der Waals surface area contributed by atoms with Crippen LogP contribution in [-0.4, -0.2) is 42.2 Å². The van der Waals surface area contributed by atoms with Crippen LogP contribution in [0.3, 0.4) is 0 Å². The van der Waals surface area contributed by atoms with E-state index in [4.69, 9.17) is 10.5 Å². The number of rotatable bonds is 4. The number of nitrogens with one attached hydrogen (secondary N) is 1. The molecule has 6 heteroatoms. The molecular weight excluding hydrogens is 304 g/mol. The number of amides is 1. The van der Waals surface area contributed by atoms with E-state index in [-0.39, 0.29) is 12.0 Å². The van der Waals surface area contributed by atoms with Crippen LogP contribution in [0, 0.1) is 0 Å². The number of carbonyl (C=O) groups is 1. The molecule has 1 saturated carbocycles. The van der Waals surface area contributed by atoms with Gasteiger partial charge < -0.3 is 20.7 Å². The van der Waals surface area contributed by atoms with Crippen LogP contribution in [0.15, 0.2) is 18.3 Å². The summed E-state index contributed by atoms with van der Waals surface area (Å²) in [5.41, 5.74) is 6.56. The fraction of sp³-hybridized carbons (Fsp3) is 0.667. The van der Waals surface area contributed by atoms with E-state index >= 15 is 0 Å². The number of carbonyl (C=O) groups excluding carboxylic acids is 1. The van der Waals surface area contributed by atoms with Gasteiger partial charge in [0.25, 0.3) is 0 Å². The van der Waals surface area contributed by atoms with E-state index in [2.05, 4.69) is 22.1 Å². The molecule has 3 N–H and O–H groups in total. The minimum atomic E-state index is -0.685. The van der Waals surface area contributed by atoms with Gasteiger partial charge in [0.05, 0.1) is 18.2 Å². The first kappa shape index (κ1) is 17.2. The van der Waals surface area contributed by atoms with Gasteiger partial charge in [0.2, 0.25) is 5.91 Å². The Hall–Kier alpha value is -1.66. The number of nitrogens with two attached hydrogens (primary N) is 1. The predicted molar refractivity (Wildman–Crippen MR) is 93.7 cm³/mol. The Labute approximate surface area is 143 Å².